The van der Waals surface area contributed by atoms with Crippen LogP contribution in [0.25, 0.3) is 22.3 Å². The number of aryl methyl sites for hydroxylation is 1. The lowest BCUT2D eigenvalue weighted by Crippen LogP contribution is -1.92. The number of nitrogens with zero attached hydrogens (tertiary/aromatic N) is 3. The van der Waals surface area contributed by atoms with Crippen LogP contribution in [-0.2, 0) is 7.05 Å². The Bertz CT molecular complexity index is 731. The van der Waals surface area contributed by atoms with Crippen LogP contribution >= 0.6 is 0 Å². The number of nitrogens with two attached hydrogens (primary N) is 1. The van der Waals surface area contributed by atoms with Gasteiger partial charge in [0.25, 0.3) is 0 Å². The van der Waals surface area contributed by atoms with Gasteiger partial charge in [-0.15, -0.1) is 0 Å². The van der Waals surface area contributed by atoms with Gasteiger partial charge in [0.2, 0.25) is 0 Å². The van der Waals surface area contributed by atoms with Crippen LogP contribution in [0.4, 0.5) is 5.69 Å². The van der Waals surface area contributed by atoms with E-state index in [0.29, 0.717) is 5.69 Å². The topological polar surface area (TPSA) is 66.0 Å². The molecule has 0 bridgehead atoms. The van der Waals surface area contributed by atoms with Crippen molar-refractivity contribution in [3.8, 4) is 17.0 Å². The number of ether oxygens (including phenoxy) is 1. The minimum atomic E-state index is 0.684. The highest BCUT2D eigenvalue weighted by Gasteiger charge is 2.12. The molecule has 0 aliphatic heterocycles. The van der Waals surface area contributed by atoms with Crippen molar-refractivity contribution >= 4 is 16.7 Å². The summed E-state index contributed by atoms with van der Waals surface area (Å²) in [5, 5.41) is 0.884. The van der Waals surface area contributed by atoms with Crippen LogP contribution < -0.4 is 10.5 Å². The molecule has 19 heavy (non-hydrogen) atoms. The van der Waals surface area contributed by atoms with E-state index in [4.69, 9.17) is 10.5 Å². The first-order valence-electron chi connectivity index (χ1n) is 5.90. The summed E-state index contributed by atoms with van der Waals surface area (Å²) in [5.74, 6) is 0.815. The van der Waals surface area contributed by atoms with Gasteiger partial charge in [-0.25, -0.2) is 9.97 Å². The zero-order valence-electron chi connectivity index (χ0n) is 10.8. The fourth-order valence-corrected chi connectivity index (χ4v) is 2.21. The Labute approximate surface area is 110 Å². The molecule has 0 spiro atoms. The highest BCUT2D eigenvalue weighted by molar-refractivity contribution is 5.99. The number of aromatic nitrogens is 3. The molecule has 3 aromatic rings. The lowest BCUT2D eigenvalue weighted by molar-refractivity contribution is 0.415. The summed E-state index contributed by atoms with van der Waals surface area (Å²) in [7, 11) is 3.57. The molecule has 0 saturated heterocycles. The number of hydrogen-bond acceptors (Lipinski definition) is 4. The van der Waals surface area contributed by atoms with Gasteiger partial charge < -0.3 is 15.0 Å². The van der Waals surface area contributed by atoms with Gasteiger partial charge in [-0.05, 0) is 24.3 Å². The molecular weight excluding hydrogens is 240 g/mol. The zero-order valence-corrected chi connectivity index (χ0v) is 10.8. The van der Waals surface area contributed by atoms with Crippen LogP contribution in [0.5, 0.6) is 5.75 Å². The van der Waals surface area contributed by atoms with E-state index in [9.17, 15) is 0 Å². The molecule has 96 valence electrons. The Hall–Kier alpha value is -2.56. The third-order valence-corrected chi connectivity index (χ3v) is 3.15. The molecule has 0 aliphatic carbocycles. The molecule has 2 aromatic heterocycles. The Kier molecular flexibility index (Phi) is 2.59. The molecular formula is C14H14N4O. The highest BCUT2D eigenvalue weighted by Crippen LogP contribution is 2.31. The maximum atomic E-state index is 6.05. The van der Waals surface area contributed by atoms with Gasteiger partial charge >= 0.3 is 0 Å². The van der Waals surface area contributed by atoms with Crippen molar-refractivity contribution in [3.05, 3.63) is 36.8 Å². The molecule has 3 rings (SSSR count). The summed E-state index contributed by atoms with van der Waals surface area (Å²) in [5.41, 5.74) is 9.39. The maximum absolute atomic E-state index is 6.05. The molecule has 0 aliphatic rings. The second-order valence-electron chi connectivity index (χ2n) is 4.34. The number of nitrogen functional groups attached to an aromatic ring is 1. The largest absolute Gasteiger partial charge is 0.497 e. The maximum Gasteiger partial charge on any atom is 0.145 e. The summed E-state index contributed by atoms with van der Waals surface area (Å²) in [6.07, 6.45) is 3.41. The number of rotatable bonds is 2. The Morgan fingerprint density at radius 3 is 2.58 bits per heavy atom. The van der Waals surface area contributed by atoms with E-state index < -0.39 is 0 Å². The van der Waals surface area contributed by atoms with E-state index in [1.54, 1.807) is 13.4 Å². The van der Waals surface area contributed by atoms with Crippen LogP contribution in [0, 0.1) is 0 Å². The number of methoxy groups -OCH3 is 1. The van der Waals surface area contributed by atoms with Gasteiger partial charge in [0, 0.05) is 18.8 Å². The highest BCUT2D eigenvalue weighted by atomic mass is 16.5. The second kappa shape index (κ2) is 4.28. The van der Waals surface area contributed by atoms with Gasteiger partial charge in [0.05, 0.1) is 23.9 Å². The summed E-state index contributed by atoms with van der Waals surface area (Å²) >= 11 is 0. The molecule has 0 atom stereocenters. The molecule has 0 unspecified atom stereocenters. The predicted octanol–water partition coefficient (Wildman–Crippen LogP) is 2.23. The first kappa shape index (κ1) is 11.5. The van der Waals surface area contributed by atoms with E-state index in [2.05, 4.69) is 9.97 Å². The fourth-order valence-electron chi connectivity index (χ4n) is 2.21. The van der Waals surface area contributed by atoms with Crippen molar-refractivity contribution in [2.45, 2.75) is 0 Å². The third kappa shape index (κ3) is 1.79. The van der Waals surface area contributed by atoms with Crippen molar-refractivity contribution in [3.63, 3.8) is 0 Å². The first-order chi connectivity index (χ1) is 9.20. The average molecular weight is 254 g/mol. The molecule has 0 fully saturated rings. The minimum Gasteiger partial charge on any atom is -0.497 e. The molecule has 5 nitrogen and oxygen atoms in total. The van der Waals surface area contributed by atoms with Crippen LogP contribution in [0.1, 0.15) is 0 Å². The van der Waals surface area contributed by atoms with Crippen molar-refractivity contribution in [2.75, 3.05) is 12.8 Å². The van der Waals surface area contributed by atoms with Crippen LogP contribution in [-0.4, -0.2) is 21.6 Å². The molecule has 0 saturated carbocycles. The lowest BCUT2D eigenvalue weighted by Gasteiger charge is -2.05. The molecule has 0 radical (unpaired) electrons. The van der Waals surface area contributed by atoms with E-state index in [1.165, 1.54) is 0 Å². The number of fused-ring (bicyclic) bond motifs is 1. The molecule has 5 heteroatoms. The van der Waals surface area contributed by atoms with Gasteiger partial charge in [0.15, 0.2) is 0 Å². The van der Waals surface area contributed by atoms with Crippen molar-refractivity contribution < 1.29 is 4.74 Å². The van der Waals surface area contributed by atoms with Crippen LogP contribution in [0.3, 0.4) is 0 Å². The predicted molar refractivity (Wildman–Crippen MR) is 74.9 cm³/mol. The quantitative estimate of drug-likeness (QED) is 0.761. The van der Waals surface area contributed by atoms with Crippen LogP contribution in [0.2, 0.25) is 0 Å². The molecule has 2 heterocycles. The van der Waals surface area contributed by atoms with Crippen molar-refractivity contribution in [1.82, 2.24) is 14.5 Å². The number of benzene rings is 1. The molecule has 2 N–H and O–H groups in total. The zero-order chi connectivity index (χ0) is 13.4. The van der Waals surface area contributed by atoms with E-state index in [1.807, 2.05) is 42.1 Å². The number of hydrogen-bond donors (Lipinski definition) is 1. The Morgan fingerprint density at radius 1 is 1.16 bits per heavy atom. The summed E-state index contributed by atoms with van der Waals surface area (Å²) in [6, 6.07) is 7.74. The minimum absolute atomic E-state index is 0.684. The first-order valence-corrected chi connectivity index (χ1v) is 5.90. The summed E-state index contributed by atoms with van der Waals surface area (Å²) in [6.45, 7) is 0. The number of anilines is 1. The monoisotopic (exact) mass is 254 g/mol. The molecule has 0 amide bonds. The van der Waals surface area contributed by atoms with E-state index >= 15 is 0 Å². The third-order valence-electron chi connectivity index (χ3n) is 3.15. The fraction of sp³-hybridized carbons (Fsp3) is 0.143. The molecule has 1 aromatic carbocycles. The van der Waals surface area contributed by atoms with Gasteiger partial charge in [0.1, 0.15) is 17.7 Å². The lowest BCUT2D eigenvalue weighted by atomic mass is 10.1. The Balaban J connectivity index is 2.24. The smallest absolute Gasteiger partial charge is 0.145 e. The van der Waals surface area contributed by atoms with E-state index in [-0.39, 0.29) is 0 Å². The van der Waals surface area contributed by atoms with E-state index in [0.717, 1.165) is 28.0 Å². The standard InChI is InChI=1S/C14H14N4O/c1-18-7-11(15)12-13(16-8-17-14(12)18)9-3-5-10(19-2)6-4-9/h3-8H,15H2,1-2H3. The van der Waals surface area contributed by atoms with Gasteiger partial charge in [-0.1, -0.05) is 0 Å². The SMILES string of the molecule is COc1ccc(-c2ncnc3c2c(N)cn3C)cc1. The van der Waals surface area contributed by atoms with Crippen LogP contribution in [0.15, 0.2) is 36.8 Å². The summed E-state index contributed by atoms with van der Waals surface area (Å²) in [4.78, 5) is 8.63. The normalized spacial score (nSPS) is 10.8. The van der Waals surface area contributed by atoms with Crippen molar-refractivity contribution in [1.29, 1.82) is 0 Å². The second-order valence-corrected chi connectivity index (χ2v) is 4.34. The van der Waals surface area contributed by atoms with Crippen molar-refractivity contribution in [2.24, 2.45) is 7.05 Å². The summed E-state index contributed by atoms with van der Waals surface area (Å²) < 4.78 is 7.06. The van der Waals surface area contributed by atoms with Gasteiger partial charge in [-0.2, -0.15) is 0 Å². The van der Waals surface area contributed by atoms with Gasteiger partial charge in [-0.3, -0.25) is 0 Å². The Morgan fingerprint density at radius 2 is 1.89 bits per heavy atom. The average Bonchev–Trinajstić information content (AvgIpc) is 2.74.